The molecule has 0 fully saturated rings. The Morgan fingerprint density at radius 3 is 2.65 bits per heavy atom. The molecule has 8 heteroatoms. The van der Waals surface area contributed by atoms with E-state index >= 15 is 0 Å². The first-order chi connectivity index (χ1) is 12.5. The number of aromatic nitrogens is 3. The van der Waals surface area contributed by atoms with E-state index in [4.69, 9.17) is 16.3 Å². The molecule has 7 nitrogen and oxygen atoms in total. The van der Waals surface area contributed by atoms with Crippen LogP contribution < -0.4 is 5.32 Å². The number of nitrogens with one attached hydrogen (secondary N) is 1. The van der Waals surface area contributed by atoms with Crippen molar-refractivity contribution in [2.45, 2.75) is 6.92 Å². The number of ether oxygens (including phenoxy) is 1. The fourth-order valence-corrected chi connectivity index (χ4v) is 2.39. The molecular weight excluding hydrogens is 356 g/mol. The monoisotopic (exact) mass is 370 g/mol. The molecule has 1 N–H and O–H groups in total. The first-order valence-corrected chi connectivity index (χ1v) is 8.09. The van der Waals surface area contributed by atoms with E-state index in [1.54, 1.807) is 53.5 Å². The van der Waals surface area contributed by atoms with Crippen LogP contribution in [0.1, 0.15) is 15.9 Å². The highest BCUT2D eigenvalue weighted by Crippen LogP contribution is 2.20. The average Bonchev–Trinajstić information content (AvgIpc) is 3.17. The summed E-state index contributed by atoms with van der Waals surface area (Å²) in [5.41, 5.74) is 2.53. The molecule has 0 atom stereocenters. The SMILES string of the molecule is Cc1ccc(Cl)cc1NC(=O)COC(=O)c1ccc(-n2cncn2)cc1. The van der Waals surface area contributed by atoms with Gasteiger partial charge in [-0.2, -0.15) is 5.10 Å². The molecule has 0 spiro atoms. The molecule has 132 valence electrons. The van der Waals surface area contributed by atoms with Gasteiger partial charge >= 0.3 is 5.97 Å². The molecule has 3 aromatic rings. The zero-order valence-electron chi connectivity index (χ0n) is 13.8. The summed E-state index contributed by atoms with van der Waals surface area (Å²) >= 11 is 5.91. The van der Waals surface area contributed by atoms with Gasteiger partial charge in [-0.3, -0.25) is 4.79 Å². The van der Waals surface area contributed by atoms with E-state index < -0.39 is 18.5 Å². The normalized spacial score (nSPS) is 10.4. The minimum absolute atomic E-state index is 0.334. The lowest BCUT2D eigenvalue weighted by Crippen LogP contribution is -2.21. The lowest BCUT2D eigenvalue weighted by atomic mass is 10.2. The number of carbonyl (C=O) groups is 2. The highest BCUT2D eigenvalue weighted by atomic mass is 35.5. The molecule has 0 aliphatic rings. The zero-order chi connectivity index (χ0) is 18.5. The van der Waals surface area contributed by atoms with E-state index in [-0.39, 0.29) is 0 Å². The van der Waals surface area contributed by atoms with Gasteiger partial charge in [-0.25, -0.2) is 14.5 Å². The number of hydrogen-bond donors (Lipinski definition) is 1. The van der Waals surface area contributed by atoms with Gasteiger partial charge in [0, 0.05) is 10.7 Å². The summed E-state index contributed by atoms with van der Waals surface area (Å²) < 4.78 is 6.61. The van der Waals surface area contributed by atoms with Crippen molar-refractivity contribution in [2.24, 2.45) is 0 Å². The Labute approximate surface area is 154 Å². The standard InChI is InChI=1S/C18H15ClN4O3/c1-12-2-5-14(19)8-16(12)22-17(24)9-26-18(25)13-3-6-15(7-4-13)23-11-20-10-21-23/h2-8,10-11H,9H2,1H3,(H,22,24). The lowest BCUT2D eigenvalue weighted by Gasteiger charge is -2.09. The summed E-state index contributed by atoms with van der Waals surface area (Å²) in [5, 5.41) is 7.18. The third-order valence-electron chi connectivity index (χ3n) is 3.59. The summed E-state index contributed by atoms with van der Waals surface area (Å²) in [6.45, 7) is 1.45. The van der Waals surface area contributed by atoms with Gasteiger partial charge in [-0.05, 0) is 48.9 Å². The van der Waals surface area contributed by atoms with Gasteiger partial charge < -0.3 is 10.1 Å². The van der Waals surface area contributed by atoms with Gasteiger partial charge in [0.2, 0.25) is 0 Å². The van der Waals surface area contributed by atoms with E-state index in [0.29, 0.717) is 16.3 Å². The predicted molar refractivity (Wildman–Crippen MR) is 96.5 cm³/mol. The number of amides is 1. The number of esters is 1. The number of carbonyl (C=O) groups excluding carboxylic acids is 2. The Morgan fingerprint density at radius 1 is 1.19 bits per heavy atom. The summed E-state index contributed by atoms with van der Waals surface area (Å²) in [4.78, 5) is 27.9. The number of hydrogen-bond acceptors (Lipinski definition) is 5. The smallest absolute Gasteiger partial charge is 0.338 e. The van der Waals surface area contributed by atoms with Crippen molar-refractivity contribution in [3.05, 3.63) is 71.3 Å². The first kappa shape index (κ1) is 17.6. The van der Waals surface area contributed by atoms with Crippen molar-refractivity contribution >= 4 is 29.2 Å². The summed E-state index contributed by atoms with van der Waals surface area (Å²) in [7, 11) is 0. The van der Waals surface area contributed by atoms with E-state index in [0.717, 1.165) is 11.3 Å². The Hall–Kier alpha value is -3.19. The van der Waals surface area contributed by atoms with Crippen molar-refractivity contribution in [2.75, 3.05) is 11.9 Å². The average molecular weight is 371 g/mol. The highest BCUT2D eigenvalue weighted by Gasteiger charge is 2.12. The molecule has 0 bridgehead atoms. The molecule has 0 aliphatic heterocycles. The second kappa shape index (κ2) is 7.79. The number of nitrogens with zero attached hydrogens (tertiary/aromatic N) is 3. The van der Waals surface area contributed by atoms with E-state index in [2.05, 4.69) is 15.4 Å². The maximum Gasteiger partial charge on any atom is 0.338 e. The number of benzene rings is 2. The minimum Gasteiger partial charge on any atom is -0.452 e. The zero-order valence-corrected chi connectivity index (χ0v) is 14.6. The molecule has 0 saturated carbocycles. The van der Waals surface area contributed by atoms with Crippen molar-refractivity contribution in [3.8, 4) is 5.69 Å². The van der Waals surface area contributed by atoms with Crippen LogP contribution in [0.3, 0.4) is 0 Å². The second-order valence-electron chi connectivity index (χ2n) is 5.47. The van der Waals surface area contributed by atoms with Crippen LogP contribution in [-0.4, -0.2) is 33.2 Å². The third-order valence-corrected chi connectivity index (χ3v) is 3.83. The van der Waals surface area contributed by atoms with Crippen LogP contribution in [0.4, 0.5) is 5.69 Å². The lowest BCUT2D eigenvalue weighted by molar-refractivity contribution is -0.119. The molecule has 26 heavy (non-hydrogen) atoms. The maximum absolute atomic E-state index is 12.1. The van der Waals surface area contributed by atoms with E-state index in [9.17, 15) is 9.59 Å². The Morgan fingerprint density at radius 2 is 1.96 bits per heavy atom. The Bertz CT molecular complexity index is 924. The van der Waals surface area contributed by atoms with Gasteiger partial charge in [0.15, 0.2) is 6.61 Å². The molecule has 2 aromatic carbocycles. The first-order valence-electron chi connectivity index (χ1n) is 7.71. The molecule has 0 saturated heterocycles. The van der Waals surface area contributed by atoms with Gasteiger partial charge in [-0.1, -0.05) is 17.7 Å². The number of aryl methyl sites for hydroxylation is 1. The van der Waals surface area contributed by atoms with Crippen LogP contribution in [-0.2, 0) is 9.53 Å². The third kappa shape index (κ3) is 4.25. The van der Waals surface area contributed by atoms with Crippen LogP contribution in [0.25, 0.3) is 5.69 Å². The largest absolute Gasteiger partial charge is 0.452 e. The van der Waals surface area contributed by atoms with Crippen molar-refractivity contribution < 1.29 is 14.3 Å². The van der Waals surface area contributed by atoms with Crippen LogP contribution in [0, 0.1) is 6.92 Å². The van der Waals surface area contributed by atoms with Gasteiger partial charge in [0.1, 0.15) is 12.7 Å². The fourth-order valence-electron chi connectivity index (χ4n) is 2.22. The molecule has 3 rings (SSSR count). The van der Waals surface area contributed by atoms with Crippen molar-refractivity contribution in [1.82, 2.24) is 14.8 Å². The quantitative estimate of drug-likeness (QED) is 0.698. The van der Waals surface area contributed by atoms with Gasteiger partial charge in [0.25, 0.3) is 5.91 Å². The molecule has 1 amide bonds. The van der Waals surface area contributed by atoms with E-state index in [1.807, 2.05) is 6.92 Å². The molecule has 1 aromatic heterocycles. The van der Waals surface area contributed by atoms with Gasteiger partial charge in [0.05, 0.1) is 11.3 Å². The molecule has 0 unspecified atom stereocenters. The van der Waals surface area contributed by atoms with Crippen LogP contribution in [0.2, 0.25) is 5.02 Å². The maximum atomic E-state index is 12.1. The molecular formula is C18H15ClN4O3. The summed E-state index contributed by atoms with van der Waals surface area (Å²) in [6.07, 6.45) is 2.97. The fraction of sp³-hybridized carbons (Fsp3) is 0.111. The summed E-state index contributed by atoms with van der Waals surface area (Å²) in [5.74, 6) is -1.03. The van der Waals surface area contributed by atoms with Gasteiger partial charge in [-0.15, -0.1) is 0 Å². The van der Waals surface area contributed by atoms with Crippen LogP contribution in [0.15, 0.2) is 55.1 Å². The van der Waals surface area contributed by atoms with Crippen LogP contribution in [0.5, 0.6) is 0 Å². The Balaban J connectivity index is 1.56. The van der Waals surface area contributed by atoms with Crippen LogP contribution >= 0.6 is 11.6 Å². The second-order valence-corrected chi connectivity index (χ2v) is 5.91. The Kier molecular flexibility index (Phi) is 5.28. The number of halogens is 1. The molecule has 1 heterocycles. The van der Waals surface area contributed by atoms with Crippen molar-refractivity contribution in [3.63, 3.8) is 0 Å². The number of rotatable bonds is 5. The topological polar surface area (TPSA) is 86.1 Å². The number of anilines is 1. The van der Waals surface area contributed by atoms with E-state index in [1.165, 1.54) is 6.33 Å². The molecule has 0 radical (unpaired) electrons. The minimum atomic E-state index is -0.590. The predicted octanol–water partition coefficient (Wildman–Crippen LogP) is 3.02. The highest BCUT2D eigenvalue weighted by molar-refractivity contribution is 6.31. The van der Waals surface area contributed by atoms with Crippen molar-refractivity contribution in [1.29, 1.82) is 0 Å². The summed E-state index contributed by atoms with van der Waals surface area (Å²) in [6, 6.07) is 11.8. The molecule has 0 aliphatic carbocycles.